The predicted octanol–water partition coefficient (Wildman–Crippen LogP) is 5.81. The maximum absolute atomic E-state index is 13.2. The molecule has 1 aliphatic heterocycles. The van der Waals surface area contributed by atoms with Crippen LogP contribution in [0.25, 0.3) is 6.08 Å². The summed E-state index contributed by atoms with van der Waals surface area (Å²) >= 11 is 1.70. The fourth-order valence-corrected chi connectivity index (χ4v) is 3.53. The van der Waals surface area contributed by atoms with Crippen LogP contribution in [0.3, 0.4) is 0 Å². The lowest BCUT2D eigenvalue weighted by Crippen LogP contribution is -2.23. The van der Waals surface area contributed by atoms with Crippen LogP contribution in [0.4, 0.5) is 0 Å². The van der Waals surface area contributed by atoms with Gasteiger partial charge >= 0.3 is 0 Å². The highest BCUT2D eigenvalue weighted by Crippen LogP contribution is 2.39. The molecule has 0 fully saturated rings. The van der Waals surface area contributed by atoms with Crippen molar-refractivity contribution >= 4 is 23.6 Å². The number of carbonyl (C=O) groups excluding carboxylic acids is 1. The highest BCUT2D eigenvalue weighted by atomic mass is 32.2. The number of ether oxygens (including phenoxy) is 1. The van der Waals surface area contributed by atoms with Gasteiger partial charge in [0.2, 0.25) is 0 Å². The van der Waals surface area contributed by atoms with Crippen molar-refractivity contribution in [1.82, 2.24) is 0 Å². The van der Waals surface area contributed by atoms with Gasteiger partial charge in [0, 0.05) is 10.5 Å². The van der Waals surface area contributed by atoms with E-state index in [2.05, 4.69) is 12.1 Å². The molecule has 0 aromatic heterocycles. The van der Waals surface area contributed by atoms with Crippen molar-refractivity contribution in [2.24, 2.45) is 0 Å². The zero-order chi connectivity index (χ0) is 17.9. The summed E-state index contributed by atoms with van der Waals surface area (Å²) in [6.07, 6.45) is 3.59. The molecular formula is C23H18O2S. The molecule has 4 rings (SSSR count). The minimum absolute atomic E-state index is 0.0228. The smallest absolute Gasteiger partial charge is 0.196 e. The Kier molecular flexibility index (Phi) is 4.63. The molecule has 1 atom stereocenters. The van der Waals surface area contributed by atoms with Gasteiger partial charge in [-0.05, 0) is 47.7 Å². The van der Waals surface area contributed by atoms with Crippen LogP contribution in [0.1, 0.15) is 27.6 Å². The van der Waals surface area contributed by atoms with Crippen LogP contribution in [0.15, 0.2) is 89.3 Å². The zero-order valence-electron chi connectivity index (χ0n) is 14.4. The van der Waals surface area contributed by atoms with Gasteiger partial charge in [0.05, 0.1) is 5.56 Å². The number of hydrogen-bond donors (Lipinski definition) is 0. The van der Waals surface area contributed by atoms with E-state index in [4.69, 9.17) is 4.74 Å². The Hall–Kier alpha value is -2.78. The Bertz CT molecular complexity index is 959. The number of ketones is 1. The van der Waals surface area contributed by atoms with Crippen LogP contribution >= 0.6 is 11.8 Å². The Morgan fingerprint density at radius 3 is 2.31 bits per heavy atom. The molecule has 0 saturated heterocycles. The van der Waals surface area contributed by atoms with Crippen molar-refractivity contribution in [1.29, 1.82) is 0 Å². The lowest BCUT2D eigenvalue weighted by Gasteiger charge is -2.28. The second-order valence-electron chi connectivity index (χ2n) is 6.11. The first-order valence-corrected chi connectivity index (χ1v) is 9.70. The molecule has 0 N–H and O–H groups in total. The highest BCUT2D eigenvalue weighted by Gasteiger charge is 2.32. The third-order valence-corrected chi connectivity index (χ3v) is 5.21. The SMILES string of the molecule is CSc1ccc(C=C2C(=O)c3ccccc3OC2c2ccccc2)cc1. The van der Waals surface area contributed by atoms with Crippen molar-refractivity contribution < 1.29 is 9.53 Å². The number of para-hydroxylation sites is 1. The van der Waals surface area contributed by atoms with Gasteiger partial charge in [-0.1, -0.05) is 54.6 Å². The molecule has 2 nitrogen and oxygen atoms in total. The second kappa shape index (κ2) is 7.22. The molecule has 3 aromatic carbocycles. The molecule has 1 aliphatic rings. The fourth-order valence-electron chi connectivity index (χ4n) is 3.12. The average molecular weight is 358 g/mol. The third kappa shape index (κ3) is 3.18. The van der Waals surface area contributed by atoms with Crippen molar-refractivity contribution in [3.63, 3.8) is 0 Å². The van der Waals surface area contributed by atoms with E-state index in [1.54, 1.807) is 11.8 Å². The van der Waals surface area contributed by atoms with Crippen molar-refractivity contribution in [3.8, 4) is 5.75 Å². The molecule has 0 saturated carbocycles. The Balaban J connectivity index is 1.82. The van der Waals surface area contributed by atoms with E-state index in [1.807, 2.05) is 79.1 Å². The first kappa shape index (κ1) is 16.7. The van der Waals surface area contributed by atoms with Crippen LogP contribution in [-0.2, 0) is 0 Å². The van der Waals surface area contributed by atoms with E-state index in [9.17, 15) is 4.79 Å². The largest absolute Gasteiger partial charge is 0.480 e. The number of fused-ring (bicyclic) bond motifs is 1. The minimum atomic E-state index is -0.404. The number of carbonyl (C=O) groups is 1. The molecule has 0 radical (unpaired) electrons. The minimum Gasteiger partial charge on any atom is -0.480 e. The number of hydrogen-bond acceptors (Lipinski definition) is 3. The van der Waals surface area contributed by atoms with Crippen LogP contribution in [0.5, 0.6) is 5.75 Å². The van der Waals surface area contributed by atoms with E-state index in [-0.39, 0.29) is 5.78 Å². The summed E-state index contributed by atoms with van der Waals surface area (Å²) in [4.78, 5) is 14.4. The molecule has 0 spiro atoms. The summed E-state index contributed by atoms with van der Waals surface area (Å²) in [6.45, 7) is 0. The van der Waals surface area contributed by atoms with Gasteiger partial charge in [-0.2, -0.15) is 0 Å². The van der Waals surface area contributed by atoms with Crippen LogP contribution in [-0.4, -0.2) is 12.0 Å². The van der Waals surface area contributed by atoms with Crippen LogP contribution in [0, 0.1) is 0 Å². The summed E-state index contributed by atoms with van der Waals surface area (Å²) in [5.74, 6) is 0.663. The average Bonchev–Trinajstić information content (AvgIpc) is 2.71. The molecule has 1 heterocycles. The lowest BCUT2D eigenvalue weighted by molar-refractivity contribution is 0.0963. The number of thioether (sulfide) groups is 1. The van der Waals surface area contributed by atoms with Crippen molar-refractivity contribution in [3.05, 3.63) is 101 Å². The quantitative estimate of drug-likeness (QED) is 0.437. The van der Waals surface area contributed by atoms with E-state index in [0.29, 0.717) is 16.9 Å². The molecule has 128 valence electrons. The molecule has 3 heteroatoms. The first-order chi connectivity index (χ1) is 12.8. The zero-order valence-corrected chi connectivity index (χ0v) is 15.2. The molecular weight excluding hydrogens is 340 g/mol. The van der Waals surface area contributed by atoms with E-state index >= 15 is 0 Å². The fraction of sp³-hybridized carbons (Fsp3) is 0.0870. The molecule has 0 amide bonds. The standard InChI is InChI=1S/C23H18O2S/c1-26-18-13-11-16(12-14-18)15-20-22(24)19-9-5-6-10-21(19)25-23(20)17-7-3-2-4-8-17/h2-15,23H,1H3. The van der Waals surface area contributed by atoms with Crippen LogP contribution < -0.4 is 4.74 Å². The lowest BCUT2D eigenvalue weighted by atomic mass is 9.89. The molecule has 26 heavy (non-hydrogen) atoms. The molecule has 3 aromatic rings. The van der Waals surface area contributed by atoms with E-state index < -0.39 is 6.10 Å². The normalized spacial score (nSPS) is 17.7. The van der Waals surface area contributed by atoms with Crippen molar-refractivity contribution in [2.45, 2.75) is 11.0 Å². The Morgan fingerprint density at radius 2 is 1.58 bits per heavy atom. The second-order valence-corrected chi connectivity index (χ2v) is 6.99. The van der Waals surface area contributed by atoms with Gasteiger partial charge in [-0.3, -0.25) is 4.79 Å². The van der Waals surface area contributed by atoms with Crippen molar-refractivity contribution in [2.75, 3.05) is 6.26 Å². The summed E-state index contributed by atoms with van der Waals surface area (Å²) in [7, 11) is 0. The molecule has 1 unspecified atom stereocenters. The predicted molar refractivity (Wildman–Crippen MR) is 107 cm³/mol. The summed E-state index contributed by atoms with van der Waals surface area (Å²) in [5, 5.41) is 0. The first-order valence-electron chi connectivity index (χ1n) is 8.47. The summed E-state index contributed by atoms with van der Waals surface area (Å²) in [6, 6.07) is 25.5. The summed E-state index contributed by atoms with van der Waals surface area (Å²) < 4.78 is 6.22. The Labute approximate surface area is 157 Å². The Morgan fingerprint density at radius 1 is 0.885 bits per heavy atom. The van der Waals surface area contributed by atoms with Gasteiger partial charge < -0.3 is 4.74 Å². The number of rotatable bonds is 3. The topological polar surface area (TPSA) is 26.3 Å². The highest BCUT2D eigenvalue weighted by molar-refractivity contribution is 7.98. The molecule has 0 aliphatic carbocycles. The maximum Gasteiger partial charge on any atom is 0.196 e. The van der Waals surface area contributed by atoms with E-state index in [1.165, 1.54) is 4.90 Å². The number of benzene rings is 3. The maximum atomic E-state index is 13.2. The summed E-state index contributed by atoms with van der Waals surface area (Å²) in [5.41, 5.74) is 3.25. The van der Waals surface area contributed by atoms with Gasteiger partial charge in [0.15, 0.2) is 11.9 Å². The van der Waals surface area contributed by atoms with Crippen LogP contribution in [0.2, 0.25) is 0 Å². The van der Waals surface area contributed by atoms with E-state index in [0.717, 1.165) is 11.1 Å². The van der Waals surface area contributed by atoms with Gasteiger partial charge in [0.1, 0.15) is 5.75 Å². The van der Waals surface area contributed by atoms with Gasteiger partial charge in [-0.15, -0.1) is 11.8 Å². The monoisotopic (exact) mass is 358 g/mol. The number of Topliss-reactive ketones (excluding diaryl/α,β-unsaturated/α-hetero) is 1. The van der Waals surface area contributed by atoms with Gasteiger partial charge in [0.25, 0.3) is 0 Å². The molecule has 0 bridgehead atoms. The third-order valence-electron chi connectivity index (χ3n) is 4.46. The van der Waals surface area contributed by atoms with Gasteiger partial charge in [-0.25, -0.2) is 0 Å².